The fraction of sp³-hybridized carbons (Fsp3) is 0.412. The first kappa shape index (κ1) is 15.3. The molecule has 0 fully saturated rings. The van der Waals surface area contributed by atoms with Gasteiger partial charge in [0, 0.05) is 6.42 Å². The lowest BCUT2D eigenvalue weighted by Crippen LogP contribution is -2.11. The Morgan fingerprint density at radius 2 is 1.76 bits per heavy atom. The fourth-order valence-corrected chi connectivity index (χ4v) is 2.73. The van der Waals surface area contributed by atoms with Gasteiger partial charge in [-0.3, -0.25) is 9.59 Å². The van der Waals surface area contributed by atoms with Crippen molar-refractivity contribution in [3.8, 4) is 0 Å². The van der Waals surface area contributed by atoms with Crippen molar-refractivity contribution in [3.05, 3.63) is 41.0 Å². The number of carbonyl (C=O) groups is 2. The minimum Gasteiger partial charge on any atom is -0.469 e. The molecule has 0 saturated heterocycles. The first-order chi connectivity index (χ1) is 10.2. The summed E-state index contributed by atoms with van der Waals surface area (Å²) in [6, 6.07) is 8.10. The predicted octanol–water partition coefficient (Wildman–Crippen LogP) is 2.90. The van der Waals surface area contributed by atoms with E-state index in [-0.39, 0.29) is 18.4 Å². The number of methoxy groups -OCH3 is 2. The third kappa shape index (κ3) is 3.72. The van der Waals surface area contributed by atoms with Gasteiger partial charge in [-0.2, -0.15) is 0 Å². The number of carbonyl (C=O) groups excluding carboxylic acids is 2. The molecule has 1 aliphatic rings. The number of hydrogen-bond donors (Lipinski definition) is 0. The van der Waals surface area contributed by atoms with Crippen LogP contribution in [0.5, 0.6) is 0 Å². The van der Waals surface area contributed by atoms with Gasteiger partial charge in [0.1, 0.15) is 0 Å². The molecule has 0 aromatic heterocycles. The Labute approximate surface area is 124 Å². The Bertz CT molecular complexity index is 572. The molecule has 4 heteroatoms. The summed E-state index contributed by atoms with van der Waals surface area (Å²) < 4.78 is 9.49. The lowest BCUT2D eigenvalue weighted by molar-refractivity contribution is -0.140. The van der Waals surface area contributed by atoms with E-state index < -0.39 is 0 Å². The van der Waals surface area contributed by atoms with E-state index >= 15 is 0 Å². The van der Waals surface area contributed by atoms with Gasteiger partial charge in [-0.05, 0) is 36.0 Å². The standard InChI is InChI=1S/C17H20O4/c1-20-16(18)10-9-13-8-7-12-5-3-4-6-14(12)15(13)11-17(19)21-2/h3-6H,7-11H2,1-2H3. The first-order valence-corrected chi connectivity index (χ1v) is 7.08. The minimum atomic E-state index is -0.253. The van der Waals surface area contributed by atoms with Gasteiger partial charge in [0.15, 0.2) is 0 Å². The fourth-order valence-electron chi connectivity index (χ4n) is 2.73. The van der Waals surface area contributed by atoms with Crippen LogP contribution in [0.15, 0.2) is 29.8 Å². The molecule has 1 aromatic rings. The van der Waals surface area contributed by atoms with E-state index in [9.17, 15) is 9.59 Å². The number of fused-ring (bicyclic) bond motifs is 1. The van der Waals surface area contributed by atoms with Crippen molar-refractivity contribution in [2.75, 3.05) is 14.2 Å². The van der Waals surface area contributed by atoms with Crippen molar-refractivity contribution < 1.29 is 19.1 Å². The Hall–Kier alpha value is -2.10. The summed E-state index contributed by atoms with van der Waals surface area (Å²) in [7, 11) is 2.79. The molecule has 0 spiro atoms. The van der Waals surface area contributed by atoms with Gasteiger partial charge in [0.2, 0.25) is 0 Å². The number of rotatable bonds is 5. The molecule has 0 bridgehead atoms. The van der Waals surface area contributed by atoms with Crippen LogP contribution in [0.2, 0.25) is 0 Å². The van der Waals surface area contributed by atoms with Crippen LogP contribution in [0.3, 0.4) is 0 Å². The number of benzene rings is 1. The summed E-state index contributed by atoms with van der Waals surface area (Å²) in [5, 5.41) is 0. The highest BCUT2D eigenvalue weighted by Gasteiger charge is 2.21. The monoisotopic (exact) mass is 288 g/mol. The predicted molar refractivity (Wildman–Crippen MR) is 79.6 cm³/mol. The Morgan fingerprint density at radius 1 is 1.05 bits per heavy atom. The Kier molecular flexibility index (Phi) is 5.14. The topological polar surface area (TPSA) is 52.6 Å². The molecule has 112 valence electrons. The van der Waals surface area contributed by atoms with Crippen molar-refractivity contribution in [2.45, 2.75) is 32.1 Å². The average molecular weight is 288 g/mol. The first-order valence-electron chi connectivity index (χ1n) is 7.08. The zero-order valence-corrected chi connectivity index (χ0v) is 12.5. The highest BCUT2D eigenvalue weighted by Crippen LogP contribution is 2.35. The summed E-state index contributed by atoms with van der Waals surface area (Å²) in [4.78, 5) is 23.0. The SMILES string of the molecule is COC(=O)CCC1=C(CC(=O)OC)c2ccccc2CC1. The van der Waals surface area contributed by atoms with E-state index in [1.165, 1.54) is 19.8 Å². The van der Waals surface area contributed by atoms with Gasteiger partial charge >= 0.3 is 11.9 Å². The van der Waals surface area contributed by atoms with E-state index in [1.807, 2.05) is 18.2 Å². The molecule has 0 atom stereocenters. The second-order valence-corrected chi connectivity index (χ2v) is 5.07. The maximum Gasteiger partial charge on any atom is 0.309 e. The highest BCUT2D eigenvalue weighted by molar-refractivity contribution is 5.88. The Morgan fingerprint density at radius 3 is 2.48 bits per heavy atom. The Balaban J connectivity index is 2.30. The molecule has 0 amide bonds. The molecule has 1 aliphatic carbocycles. The lowest BCUT2D eigenvalue weighted by Gasteiger charge is -2.23. The minimum absolute atomic E-state index is 0.223. The second kappa shape index (κ2) is 7.07. The smallest absolute Gasteiger partial charge is 0.309 e. The zero-order chi connectivity index (χ0) is 15.2. The number of hydrogen-bond acceptors (Lipinski definition) is 4. The van der Waals surface area contributed by atoms with Crippen molar-refractivity contribution >= 4 is 17.5 Å². The van der Waals surface area contributed by atoms with E-state index in [1.54, 1.807) is 0 Å². The maximum atomic E-state index is 11.7. The molecule has 0 heterocycles. The van der Waals surface area contributed by atoms with Gasteiger partial charge in [0.05, 0.1) is 20.6 Å². The van der Waals surface area contributed by atoms with Crippen LogP contribution in [0.4, 0.5) is 0 Å². The van der Waals surface area contributed by atoms with Crippen LogP contribution < -0.4 is 0 Å². The van der Waals surface area contributed by atoms with E-state index in [2.05, 4.69) is 6.07 Å². The third-order valence-electron chi connectivity index (χ3n) is 3.87. The van der Waals surface area contributed by atoms with E-state index in [0.29, 0.717) is 12.8 Å². The van der Waals surface area contributed by atoms with Crippen LogP contribution in [0, 0.1) is 0 Å². The molecule has 0 unspecified atom stereocenters. The van der Waals surface area contributed by atoms with Crippen LogP contribution >= 0.6 is 0 Å². The molecule has 21 heavy (non-hydrogen) atoms. The lowest BCUT2D eigenvalue weighted by atomic mass is 9.82. The number of allylic oxidation sites excluding steroid dienone is 1. The quantitative estimate of drug-likeness (QED) is 0.782. The zero-order valence-electron chi connectivity index (χ0n) is 12.5. The molecule has 0 aliphatic heterocycles. The van der Waals surface area contributed by atoms with Crippen molar-refractivity contribution in [3.63, 3.8) is 0 Å². The molecule has 4 nitrogen and oxygen atoms in total. The van der Waals surface area contributed by atoms with Crippen LogP contribution in [0.1, 0.15) is 36.8 Å². The molecular weight excluding hydrogens is 268 g/mol. The second-order valence-electron chi connectivity index (χ2n) is 5.07. The summed E-state index contributed by atoms with van der Waals surface area (Å²) in [6.07, 6.45) is 3.05. The van der Waals surface area contributed by atoms with Gasteiger partial charge in [-0.1, -0.05) is 29.8 Å². The van der Waals surface area contributed by atoms with Gasteiger partial charge in [-0.25, -0.2) is 0 Å². The molecule has 0 radical (unpaired) electrons. The summed E-state index contributed by atoms with van der Waals surface area (Å²) >= 11 is 0. The van der Waals surface area contributed by atoms with Crippen molar-refractivity contribution in [2.24, 2.45) is 0 Å². The van der Waals surface area contributed by atoms with Gasteiger partial charge in [0.25, 0.3) is 0 Å². The summed E-state index contributed by atoms with van der Waals surface area (Å²) in [5.41, 5.74) is 4.52. The maximum absolute atomic E-state index is 11.7. The normalized spacial score (nSPS) is 13.6. The molecular formula is C17H20O4. The van der Waals surface area contributed by atoms with Gasteiger partial charge < -0.3 is 9.47 Å². The van der Waals surface area contributed by atoms with Crippen LogP contribution in [-0.2, 0) is 25.5 Å². The van der Waals surface area contributed by atoms with Crippen molar-refractivity contribution in [1.82, 2.24) is 0 Å². The van der Waals surface area contributed by atoms with E-state index in [4.69, 9.17) is 9.47 Å². The number of esters is 2. The molecule has 2 rings (SSSR count). The van der Waals surface area contributed by atoms with E-state index in [0.717, 1.165) is 29.6 Å². The number of ether oxygens (including phenoxy) is 2. The average Bonchev–Trinajstić information content (AvgIpc) is 2.53. The highest BCUT2D eigenvalue weighted by atomic mass is 16.5. The van der Waals surface area contributed by atoms with Gasteiger partial charge in [-0.15, -0.1) is 0 Å². The van der Waals surface area contributed by atoms with Crippen LogP contribution in [-0.4, -0.2) is 26.2 Å². The largest absolute Gasteiger partial charge is 0.469 e. The summed E-state index contributed by atoms with van der Waals surface area (Å²) in [6.45, 7) is 0. The third-order valence-corrected chi connectivity index (χ3v) is 3.87. The molecule has 1 aromatic carbocycles. The molecule has 0 saturated carbocycles. The number of aryl methyl sites for hydroxylation is 1. The van der Waals surface area contributed by atoms with Crippen molar-refractivity contribution in [1.29, 1.82) is 0 Å². The summed E-state index contributed by atoms with van der Waals surface area (Å²) in [5.74, 6) is -0.476. The van der Waals surface area contributed by atoms with Crippen LogP contribution in [0.25, 0.3) is 5.57 Å². The molecule has 0 N–H and O–H groups in total.